The van der Waals surface area contributed by atoms with E-state index in [1.54, 1.807) is 4.90 Å². The molecule has 33 heavy (non-hydrogen) atoms. The molecule has 0 spiro atoms. The Morgan fingerprint density at radius 2 is 1.85 bits per heavy atom. The Labute approximate surface area is 189 Å². The summed E-state index contributed by atoms with van der Waals surface area (Å²) in [5, 5.41) is 0. The van der Waals surface area contributed by atoms with Crippen LogP contribution in [0.5, 0.6) is 0 Å². The molecule has 0 aliphatic carbocycles. The summed E-state index contributed by atoms with van der Waals surface area (Å²) in [4.78, 5) is 16.6. The Morgan fingerprint density at radius 1 is 1.15 bits per heavy atom. The van der Waals surface area contributed by atoms with E-state index in [0.717, 1.165) is 18.2 Å². The van der Waals surface area contributed by atoms with E-state index in [2.05, 4.69) is 0 Å². The molecule has 0 aromatic heterocycles. The predicted molar refractivity (Wildman–Crippen MR) is 114 cm³/mol. The molecule has 0 radical (unpaired) electrons. The summed E-state index contributed by atoms with van der Waals surface area (Å²) in [6.07, 6.45) is -4.84. The highest BCUT2D eigenvalue weighted by atomic mass is 19.4. The summed E-state index contributed by atoms with van der Waals surface area (Å²) in [6.45, 7) is 6.03. The van der Waals surface area contributed by atoms with Crippen molar-refractivity contribution in [2.45, 2.75) is 32.7 Å². The number of rotatable bonds is 7. The highest BCUT2D eigenvalue weighted by Crippen LogP contribution is 2.29. The summed E-state index contributed by atoms with van der Waals surface area (Å²) in [5.41, 5.74) is -0.404. The Morgan fingerprint density at radius 3 is 2.48 bits per heavy atom. The van der Waals surface area contributed by atoms with Crippen molar-refractivity contribution >= 4 is 5.91 Å². The molecule has 4 nitrogen and oxygen atoms in total. The number of carbonyl (C=O) groups excluding carboxylic acids is 1. The van der Waals surface area contributed by atoms with Crippen LogP contribution in [0.15, 0.2) is 42.5 Å². The topological polar surface area (TPSA) is 32.8 Å². The Kier molecular flexibility index (Phi) is 8.07. The van der Waals surface area contributed by atoms with Crippen molar-refractivity contribution in [3.05, 3.63) is 70.8 Å². The van der Waals surface area contributed by atoms with Gasteiger partial charge in [0.05, 0.1) is 18.3 Å². The van der Waals surface area contributed by atoms with Crippen LogP contribution in [0.2, 0.25) is 0 Å². The minimum absolute atomic E-state index is 0.129. The van der Waals surface area contributed by atoms with E-state index in [1.165, 1.54) is 24.3 Å². The number of morpholine rings is 1. The summed E-state index contributed by atoms with van der Waals surface area (Å²) in [6, 6.07) is 8.21. The Balaban J connectivity index is 1.69. The fourth-order valence-electron chi connectivity index (χ4n) is 3.86. The number of hydrogen-bond donors (Lipinski definition) is 0. The normalized spacial score (nSPS) is 17.4. The number of halogens is 5. The van der Waals surface area contributed by atoms with E-state index in [1.807, 2.05) is 18.7 Å². The number of hydrogen-bond acceptors (Lipinski definition) is 3. The number of nitrogens with zero attached hydrogens (tertiary/aromatic N) is 2. The third-order valence-electron chi connectivity index (χ3n) is 5.40. The molecule has 1 saturated heterocycles. The third-order valence-corrected chi connectivity index (χ3v) is 5.40. The molecule has 0 saturated carbocycles. The maximum Gasteiger partial charge on any atom is 0.416 e. The first-order valence-electron chi connectivity index (χ1n) is 10.8. The minimum atomic E-state index is -4.47. The average molecular weight is 470 g/mol. The molecule has 1 fully saturated rings. The molecule has 1 atom stereocenters. The fourth-order valence-corrected chi connectivity index (χ4v) is 3.86. The van der Waals surface area contributed by atoms with Gasteiger partial charge in [-0.3, -0.25) is 9.69 Å². The van der Waals surface area contributed by atoms with Crippen LogP contribution in [0.4, 0.5) is 22.0 Å². The smallest absolute Gasteiger partial charge is 0.374 e. The van der Waals surface area contributed by atoms with E-state index >= 15 is 0 Å². The van der Waals surface area contributed by atoms with Crippen LogP contribution in [-0.2, 0) is 17.5 Å². The van der Waals surface area contributed by atoms with E-state index in [-0.39, 0.29) is 42.1 Å². The summed E-state index contributed by atoms with van der Waals surface area (Å²) in [7, 11) is 0. The monoisotopic (exact) mass is 470 g/mol. The van der Waals surface area contributed by atoms with Crippen LogP contribution < -0.4 is 0 Å². The molecule has 180 valence electrons. The van der Waals surface area contributed by atoms with E-state index in [9.17, 15) is 26.7 Å². The molecule has 2 aromatic carbocycles. The predicted octanol–water partition coefficient (Wildman–Crippen LogP) is 4.98. The molecule has 0 N–H and O–H groups in total. The number of amides is 1. The lowest BCUT2D eigenvalue weighted by atomic mass is 10.1. The van der Waals surface area contributed by atoms with Crippen LogP contribution in [0, 0.1) is 17.6 Å². The first-order valence-corrected chi connectivity index (χ1v) is 10.8. The van der Waals surface area contributed by atoms with Gasteiger partial charge in [0.25, 0.3) is 5.91 Å². The quantitative estimate of drug-likeness (QED) is 0.535. The zero-order valence-corrected chi connectivity index (χ0v) is 18.5. The van der Waals surface area contributed by atoms with Gasteiger partial charge in [-0.2, -0.15) is 13.2 Å². The zero-order chi connectivity index (χ0) is 24.2. The van der Waals surface area contributed by atoms with Gasteiger partial charge in [0.15, 0.2) is 11.6 Å². The molecule has 1 aliphatic rings. The average Bonchev–Trinajstić information content (AvgIpc) is 2.75. The summed E-state index contributed by atoms with van der Waals surface area (Å²) < 4.78 is 71.9. The first kappa shape index (κ1) is 25.1. The van der Waals surface area contributed by atoms with E-state index in [4.69, 9.17) is 4.74 Å². The molecule has 3 rings (SSSR count). The lowest BCUT2D eigenvalue weighted by Crippen LogP contribution is -2.49. The second kappa shape index (κ2) is 10.6. The fraction of sp³-hybridized carbons (Fsp3) is 0.458. The van der Waals surface area contributed by atoms with Crippen LogP contribution in [0.1, 0.15) is 35.3 Å². The van der Waals surface area contributed by atoms with Gasteiger partial charge in [-0.1, -0.05) is 26.0 Å². The summed E-state index contributed by atoms with van der Waals surface area (Å²) >= 11 is 0. The van der Waals surface area contributed by atoms with Crippen molar-refractivity contribution in [1.29, 1.82) is 0 Å². The molecule has 1 aliphatic heterocycles. The van der Waals surface area contributed by atoms with E-state index < -0.39 is 23.4 Å². The lowest BCUT2D eigenvalue weighted by molar-refractivity contribution is -0.137. The third kappa shape index (κ3) is 6.74. The number of alkyl halides is 3. The number of benzene rings is 2. The molecule has 0 unspecified atom stereocenters. The van der Waals surface area contributed by atoms with Gasteiger partial charge in [0.1, 0.15) is 0 Å². The second-order valence-corrected chi connectivity index (χ2v) is 8.62. The van der Waals surface area contributed by atoms with Crippen LogP contribution in [0.3, 0.4) is 0 Å². The highest BCUT2D eigenvalue weighted by molar-refractivity contribution is 5.94. The van der Waals surface area contributed by atoms with Crippen molar-refractivity contribution in [2.24, 2.45) is 5.92 Å². The van der Waals surface area contributed by atoms with Gasteiger partial charge in [0.2, 0.25) is 0 Å². The standard InChI is InChI=1S/C24H27F5N2O2/c1-16(2)12-31(23(32)17-6-8-19(9-7-17)24(27,28)29)15-20-14-30(10-11-33-20)13-18-4-3-5-21(25)22(18)26/h3-9,16,20H,10-15H2,1-2H3/t20-/m0/s1. The van der Waals surface area contributed by atoms with Crippen LogP contribution in [0.25, 0.3) is 0 Å². The summed E-state index contributed by atoms with van der Waals surface area (Å²) in [5.74, 6) is -2.03. The maximum absolute atomic E-state index is 14.0. The highest BCUT2D eigenvalue weighted by Gasteiger charge is 2.31. The van der Waals surface area contributed by atoms with Gasteiger partial charge < -0.3 is 9.64 Å². The molecule has 1 amide bonds. The first-order chi connectivity index (χ1) is 15.5. The van der Waals surface area contributed by atoms with Gasteiger partial charge in [-0.25, -0.2) is 8.78 Å². The molecular formula is C24H27F5N2O2. The molecule has 1 heterocycles. The Bertz CT molecular complexity index is 947. The SMILES string of the molecule is CC(C)CN(C[C@@H]1CN(Cc2cccc(F)c2F)CCO1)C(=O)c1ccc(C(F)(F)F)cc1. The molecule has 0 bridgehead atoms. The zero-order valence-electron chi connectivity index (χ0n) is 18.5. The molecule has 9 heteroatoms. The van der Waals surface area contributed by atoms with Crippen LogP contribution in [-0.4, -0.2) is 54.6 Å². The van der Waals surface area contributed by atoms with Crippen LogP contribution >= 0.6 is 0 Å². The maximum atomic E-state index is 14.0. The largest absolute Gasteiger partial charge is 0.416 e. The Hall–Kier alpha value is -2.52. The van der Waals surface area contributed by atoms with Crippen molar-refractivity contribution in [3.8, 4) is 0 Å². The van der Waals surface area contributed by atoms with Gasteiger partial charge in [-0.05, 0) is 36.2 Å². The minimum Gasteiger partial charge on any atom is -0.374 e. The van der Waals surface area contributed by atoms with Gasteiger partial charge in [-0.15, -0.1) is 0 Å². The van der Waals surface area contributed by atoms with Crippen molar-refractivity contribution in [2.75, 3.05) is 32.8 Å². The number of carbonyl (C=O) groups is 1. The second-order valence-electron chi connectivity index (χ2n) is 8.62. The van der Waals surface area contributed by atoms with Crippen molar-refractivity contribution < 1.29 is 31.5 Å². The van der Waals surface area contributed by atoms with E-state index in [0.29, 0.717) is 26.2 Å². The molecule has 2 aromatic rings. The van der Waals surface area contributed by atoms with Crippen molar-refractivity contribution in [1.82, 2.24) is 9.80 Å². The number of ether oxygens (including phenoxy) is 1. The van der Waals surface area contributed by atoms with Crippen molar-refractivity contribution in [3.63, 3.8) is 0 Å². The van der Waals surface area contributed by atoms with Gasteiger partial charge in [0, 0.05) is 43.9 Å². The molecular weight excluding hydrogens is 443 g/mol. The van der Waals surface area contributed by atoms with Gasteiger partial charge >= 0.3 is 6.18 Å². The lowest BCUT2D eigenvalue weighted by Gasteiger charge is -2.36.